The Hall–Kier alpha value is -0.220. The van der Waals surface area contributed by atoms with Gasteiger partial charge in [-0.1, -0.05) is 20.3 Å². The maximum absolute atomic E-state index is 11.4. The van der Waals surface area contributed by atoms with Crippen LogP contribution in [0.1, 0.15) is 72.6 Å². The lowest BCUT2D eigenvalue weighted by Gasteiger charge is -2.24. The summed E-state index contributed by atoms with van der Waals surface area (Å²) in [6.45, 7) is 8.64. The Labute approximate surface area is 154 Å². The molecule has 0 rings (SSSR count). The van der Waals surface area contributed by atoms with Crippen LogP contribution in [0, 0.1) is 5.41 Å². The first kappa shape index (κ1) is 24.8. The number of unbranched alkanes of at least 4 members (excludes halogenated alkanes) is 2. The van der Waals surface area contributed by atoms with E-state index in [9.17, 15) is 16.8 Å². The van der Waals surface area contributed by atoms with Crippen molar-refractivity contribution in [2.24, 2.45) is 15.7 Å². The Morgan fingerprint density at radius 1 is 0.760 bits per heavy atom. The summed E-state index contributed by atoms with van der Waals surface area (Å²) in [5, 5.41) is 10.2. The third-order valence-corrected chi connectivity index (χ3v) is 7.06. The van der Waals surface area contributed by atoms with Crippen LogP contribution in [-0.4, -0.2) is 40.5 Å². The van der Waals surface area contributed by atoms with Crippen molar-refractivity contribution in [2.75, 3.05) is 19.0 Å². The van der Waals surface area contributed by atoms with Crippen molar-refractivity contribution in [3.8, 4) is 0 Å². The average molecular weight is 401 g/mol. The minimum absolute atomic E-state index is 0.0192. The van der Waals surface area contributed by atoms with Crippen molar-refractivity contribution in [2.45, 2.75) is 77.4 Å². The highest BCUT2D eigenvalue weighted by molar-refractivity contribution is 7.90. The zero-order chi connectivity index (χ0) is 19.8. The Bertz CT molecular complexity index is 584. The van der Waals surface area contributed by atoms with Gasteiger partial charge in [0.1, 0.15) is 0 Å². The second kappa shape index (κ2) is 10.2. The van der Waals surface area contributed by atoms with Crippen LogP contribution >= 0.6 is 0 Å². The first-order chi connectivity index (χ1) is 11.2. The molecular formula is C16H36N2O5S2. The van der Waals surface area contributed by atoms with Gasteiger partial charge in [-0.15, -0.1) is 0 Å². The normalized spacial score (nSPS) is 14.0. The molecular weight excluding hydrogens is 364 g/mol. The molecule has 4 N–H and O–H groups in total. The molecule has 0 heterocycles. The molecule has 0 atom stereocenters. The molecule has 0 spiro atoms. The minimum atomic E-state index is -3.52. The molecule has 152 valence electrons. The Morgan fingerprint density at radius 3 is 1.68 bits per heavy atom. The number of rotatable bonds is 14. The van der Waals surface area contributed by atoms with E-state index in [4.69, 9.17) is 15.0 Å². The van der Waals surface area contributed by atoms with Crippen molar-refractivity contribution < 1.29 is 21.6 Å². The zero-order valence-electron chi connectivity index (χ0n) is 16.1. The average Bonchev–Trinajstić information content (AvgIpc) is 2.41. The smallest absolute Gasteiger partial charge is 0.214 e. The molecule has 0 fully saturated rings. The zero-order valence-corrected chi connectivity index (χ0v) is 17.7. The van der Waals surface area contributed by atoms with Crippen LogP contribution in [0.15, 0.2) is 0 Å². The number of ether oxygens (including phenoxy) is 1. The van der Waals surface area contributed by atoms with E-state index in [1.165, 1.54) is 0 Å². The van der Waals surface area contributed by atoms with Gasteiger partial charge in [-0.05, 0) is 57.8 Å². The summed E-state index contributed by atoms with van der Waals surface area (Å²) in [5.74, 6) is 0.0192. The van der Waals surface area contributed by atoms with Gasteiger partial charge >= 0.3 is 0 Å². The lowest BCUT2D eigenvalue weighted by Crippen LogP contribution is -2.37. The van der Waals surface area contributed by atoms with Crippen molar-refractivity contribution in [1.82, 2.24) is 0 Å². The first-order valence-electron chi connectivity index (χ1n) is 8.77. The standard InChI is InChI=1S/C16H36N2O5S2/c1-15(2,11-14-24(17,19)20)9-5-7-12-23-13-8-6-10-16(3,4)25(18,21)22/h5-14H2,1-4H3,(H2,17,19,20)(H2,18,21,22). The highest BCUT2D eigenvalue weighted by atomic mass is 32.2. The molecule has 0 amide bonds. The Morgan fingerprint density at radius 2 is 1.24 bits per heavy atom. The maximum atomic E-state index is 11.4. The third kappa shape index (κ3) is 12.7. The fourth-order valence-electron chi connectivity index (χ4n) is 2.35. The molecule has 0 aliphatic heterocycles. The lowest BCUT2D eigenvalue weighted by molar-refractivity contribution is 0.122. The maximum Gasteiger partial charge on any atom is 0.214 e. The fourth-order valence-corrected chi connectivity index (χ4v) is 3.62. The lowest BCUT2D eigenvalue weighted by atomic mass is 9.85. The van der Waals surface area contributed by atoms with Crippen LogP contribution in [0.3, 0.4) is 0 Å². The second-order valence-corrected chi connectivity index (χ2v) is 12.0. The fraction of sp³-hybridized carbons (Fsp3) is 1.00. The molecule has 0 unspecified atom stereocenters. The number of primary sulfonamides is 2. The van der Waals surface area contributed by atoms with Gasteiger partial charge < -0.3 is 4.74 Å². The van der Waals surface area contributed by atoms with Crippen LogP contribution < -0.4 is 10.3 Å². The van der Waals surface area contributed by atoms with Crippen LogP contribution in [-0.2, 0) is 24.8 Å². The first-order valence-corrected chi connectivity index (χ1v) is 12.0. The Kier molecular flexibility index (Phi) is 10.1. The van der Waals surface area contributed by atoms with Crippen LogP contribution in [0.4, 0.5) is 0 Å². The molecule has 0 aliphatic rings. The van der Waals surface area contributed by atoms with Gasteiger partial charge in [0.05, 0.1) is 10.5 Å². The van der Waals surface area contributed by atoms with Gasteiger partial charge in [0.15, 0.2) is 0 Å². The van der Waals surface area contributed by atoms with Gasteiger partial charge in [-0.2, -0.15) is 0 Å². The highest BCUT2D eigenvalue weighted by Crippen LogP contribution is 2.27. The molecule has 0 saturated heterocycles. The quantitative estimate of drug-likeness (QED) is 0.431. The minimum Gasteiger partial charge on any atom is -0.381 e. The Balaban J connectivity index is 3.71. The summed E-state index contributed by atoms with van der Waals surface area (Å²) in [7, 11) is -6.92. The molecule has 25 heavy (non-hydrogen) atoms. The predicted octanol–water partition coefficient (Wildman–Crippen LogP) is 2.12. The molecule has 0 aromatic heterocycles. The summed E-state index contributed by atoms with van der Waals surface area (Å²) < 4.78 is 49.5. The molecule has 0 aliphatic carbocycles. The largest absolute Gasteiger partial charge is 0.381 e. The second-order valence-electron chi connectivity index (χ2n) is 8.11. The van der Waals surface area contributed by atoms with Gasteiger partial charge in [0, 0.05) is 13.2 Å². The highest BCUT2D eigenvalue weighted by Gasteiger charge is 2.30. The van der Waals surface area contributed by atoms with E-state index >= 15 is 0 Å². The van der Waals surface area contributed by atoms with Crippen molar-refractivity contribution in [3.63, 3.8) is 0 Å². The van der Waals surface area contributed by atoms with E-state index in [0.29, 0.717) is 26.1 Å². The molecule has 0 radical (unpaired) electrons. The molecule has 0 saturated carbocycles. The van der Waals surface area contributed by atoms with Gasteiger partial charge in [0.25, 0.3) is 0 Å². The van der Waals surface area contributed by atoms with Crippen molar-refractivity contribution in [3.05, 3.63) is 0 Å². The van der Waals surface area contributed by atoms with Crippen molar-refractivity contribution >= 4 is 20.0 Å². The number of nitrogens with two attached hydrogens (primary N) is 2. The molecule has 0 aromatic rings. The summed E-state index contributed by atoms with van der Waals surface area (Å²) in [4.78, 5) is 0. The SMILES string of the molecule is CC(C)(CCCCOCCCCC(C)(C)S(N)(=O)=O)CCS(N)(=O)=O. The van der Waals surface area contributed by atoms with E-state index < -0.39 is 24.8 Å². The molecule has 0 aromatic carbocycles. The summed E-state index contributed by atoms with van der Waals surface area (Å²) in [6.07, 6.45) is 5.45. The topological polar surface area (TPSA) is 130 Å². The third-order valence-electron chi connectivity index (χ3n) is 4.54. The number of hydrogen-bond donors (Lipinski definition) is 2. The van der Waals surface area contributed by atoms with E-state index in [0.717, 1.165) is 32.1 Å². The van der Waals surface area contributed by atoms with Crippen LogP contribution in [0.5, 0.6) is 0 Å². The molecule has 7 nitrogen and oxygen atoms in total. The van der Waals surface area contributed by atoms with Gasteiger partial charge in [-0.25, -0.2) is 27.1 Å². The molecule has 9 heteroatoms. The summed E-state index contributed by atoms with van der Waals surface area (Å²) in [6, 6.07) is 0. The van der Waals surface area contributed by atoms with Crippen LogP contribution in [0.25, 0.3) is 0 Å². The predicted molar refractivity (Wildman–Crippen MR) is 102 cm³/mol. The van der Waals surface area contributed by atoms with E-state index in [2.05, 4.69) is 0 Å². The molecule has 0 bridgehead atoms. The van der Waals surface area contributed by atoms with E-state index in [-0.39, 0.29) is 11.2 Å². The van der Waals surface area contributed by atoms with E-state index in [1.54, 1.807) is 13.8 Å². The summed E-state index contributed by atoms with van der Waals surface area (Å²) in [5.41, 5.74) is -0.0499. The van der Waals surface area contributed by atoms with Gasteiger partial charge in [0.2, 0.25) is 20.0 Å². The number of sulfonamides is 2. The van der Waals surface area contributed by atoms with Crippen LogP contribution in [0.2, 0.25) is 0 Å². The van der Waals surface area contributed by atoms with E-state index in [1.807, 2.05) is 13.8 Å². The van der Waals surface area contributed by atoms with Gasteiger partial charge in [-0.3, -0.25) is 0 Å². The van der Waals surface area contributed by atoms with Crippen molar-refractivity contribution in [1.29, 1.82) is 0 Å². The number of hydrogen-bond acceptors (Lipinski definition) is 5. The summed E-state index contributed by atoms with van der Waals surface area (Å²) >= 11 is 0. The monoisotopic (exact) mass is 400 g/mol.